The minimum absolute atomic E-state index is 0.0988. The molecule has 8 heavy (non-hydrogen) atoms. The highest BCUT2D eigenvalue weighted by Crippen LogP contribution is 2.00. The molecule has 44 valence electrons. The van der Waals surface area contributed by atoms with Crippen LogP contribution in [-0.2, 0) is 9.36 Å². The van der Waals surface area contributed by atoms with E-state index in [1.54, 1.807) is 0 Å². The van der Waals surface area contributed by atoms with Gasteiger partial charge >= 0.3 is 5.97 Å². The molecule has 0 fully saturated rings. The van der Waals surface area contributed by atoms with E-state index in [-0.39, 0.29) is 14.0 Å². The summed E-state index contributed by atoms with van der Waals surface area (Å²) in [6, 6.07) is 0. The Balaban J connectivity index is 3.99. The molecule has 0 aromatic carbocycles. The SMILES string of the molecule is CC(=CP=O)C(=O)O. The molecule has 3 nitrogen and oxygen atoms in total. The normalized spacial score (nSPS) is 11.9. The van der Waals surface area contributed by atoms with Gasteiger partial charge in [-0.2, -0.15) is 0 Å². The van der Waals surface area contributed by atoms with Crippen LogP contribution >= 0.6 is 8.46 Å². The van der Waals surface area contributed by atoms with Gasteiger partial charge in [0.05, 0.1) is 0 Å². The molecule has 0 unspecified atom stereocenters. The first kappa shape index (κ1) is 7.31. The van der Waals surface area contributed by atoms with E-state index >= 15 is 0 Å². The van der Waals surface area contributed by atoms with Crippen LogP contribution in [0.25, 0.3) is 0 Å². The molecule has 0 aliphatic rings. The summed E-state index contributed by atoms with van der Waals surface area (Å²) < 4.78 is 9.68. The van der Waals surface area contributed by atoms with Crippen molar-refractivity contribution in [2.24, 2.45) is 0 Å². The molecule has 0 heterocycles. The summed E-state index contributed by atoms with van der Waals surface area (Å²) in [6.45, 7) is 1.38. The first-order chi connectivity index (χ1) is 3.68. The van der Waals surface area contributed by atoms with Crippen LogP contribution in [-0.4, -0.2) is 11.1 Å². The topological polar surface area (TPSA) is 54.4 Å². The third-order valence-electron chi connectivity index (χ3n) is 0.584. The summed E-state index contributed by atoms with van der Waals surface area (Å²) in [5.74, 6) is 0.0656. The van der Waals surface area contributed by atoms with Gasteiger partial charge in [0.25, 0.3) is 0 Å². The highest BCUT2D eigenvalue weighted by Gasteiger charge is 1.96. The molecular weight excluding hydrogens is 127 g/mol. The lowest BCUT2D eigenvalue weighted by atomic mass is 10.4. The molecule has 0 saturated heterocycles. The van der Waals surface area contributed by atoms with Crippen LogP contribution in [0.2, 0.25) is 0 Å². The summed E-state index contributed by atoms with van der Waals surface area (Å²) in [6.07, 6.45) is 0. The van der Waals surface area contributed by atoms with E-state index in [0.717, 1.165) is 5.82 Å². The summed E-state index contributed by atoms with van der Waals surface area (Å²) >= 11 is 0. The third kappa shape index (κ3) is 2.48. The van der Waals surface area contributed by atoms with Crippen LogP contribution in [0.1, 0.15) is 6.92 Å². The van der Waals surface area contributed by atoms with E-state index < -0.39 is 5.97 Å². The van der Waals surface area contributed by atoms with Gasteiger partial charge in [-0.15, -0.1) is 0 Å². The number of hydrogen-bond donors (Lipinski definition) is 1. The molecular formula is C4H5O3P. The molecule has 0 aliphatic carbocycles. The number of carboxylic acid groups (broad SMARTS) is 1. The highest BCUT2D eigenvalue weighted by molar-refractivity contribution is 7.27. The van der Waals surface area contributed by atoms with E-state index in [1.165, 1.54) is 6.92 Å². The van der Waals surface area contributed by atoms with Gasteiger partial charge in [0.15, 0.2) is 8.46 Å². The summed E-state index contributed by atoms with van der Waals surface area (Å²) in [7, 11) is -0.258. The van der Waals surface area contributed by atoms with Crippen molar-refractivity contribution >= 4 is 14.4 Å². The molecule has 0 rings (SSSR count). The van der Waals surface area contributed by atoms with Crippen LogP contribution in [0, 0.1) is 0 Å². The fourth-order valence-electron chi connectivity index (χ4n) is 0.134. The van der Waals surface area contributed by atoms with Gasteiger partial charge in [0.2, 0.25) is 0 Å². The van der Waals surface area contributed by atoms with Gasteiger partial charge in [-0.3, -0.25) is 4.57 Å². The lowest BCUT2D eigenvalue weighted by Gasteiger charge is -1.82. The van der Waals surface area contributed by atoms with Gasteiger partial charge in [0.1, 0.15) is 0 Å². The summed E-state index contributed by atoms with van der Waals surface area (Å²) in [4.78, 5) is 9.88. The quantitative estimate of drug-likeness (QED) is 0.454. The van der Waals surface area contributed by atoms with Crippen molar-refractivity contribution < 1.29 is 14.5 Å². The van der Waals surface area contributed by atoms with Crippen LogP contribution in [0.4, 0.5) is 0 Å². The van der Waals surface area contributed by atoms with Crippen molar-refractivity contribution in [3.05, 3.63) is 11.4 Å². The maximum Gasteiger partial charge on any atom is 0.331 e. The van der Waals surface area contributed by atoms with E-state index in [9.17, 15) is 9.36 Å². The second kappa shape index (κ2) is 3.33. The first-order valence-corrected chi connectivity index (χ1v) is 2.79. The zero-order valence-electron chi connectivity index (χ0n) is 4.29. The van der Waals surface area contributed by atoms with E-state index in [4.69, 9.17) is 5.11 Å². The monoisotopic (exact) mass is 132 g/mol. The van der Waals surface area contributed by atoms with Crippen molar-refractivity contribution in [1.29, 1.82) is 0 Å². The number of hydrogen-bond acceptors (Lipinski definition) is 2. The minimum atomic E-state index is -1.03. The maximum atomic E-state index is 9.88. The number of rotatable bonds is 2. The van der Waals surface area contributed by atoms with Crippen molar-refractivity contribution in [3.63, 3.8) is 0 Å². The second-order valence-electron chi connectivity index (χ2n) is 1.22. The van der Waals surface area contributed by atoms with E-state index in [2.05, 4.69) is 0 Å². The van der Waals surface area contributed by atoms with E-state index in [0.29, 0.717) is 0 Å². The Hall–Kier alpha value is -0.690. The van der Waals surface area contributed by atoms with Gasteiger partial charge in [0, 0.05) is 11.4 Å². The molecule has 0 bridgehead atoms. The maximum absolute atomic E-state index is 9.88. The number of carboxylic acids is 1. The van der Waals surface area contributed by atoms with Gasteiger partial charge in [-0.05, 0) is 6.92 Å². The minimum Gasteiger partial charge on any atom is -0.478 e. The first-order valence-electron chi connectivity index (χ1n) is 1.91. The zero-order chi connectivity index (χ0) is 6.57. The molecule has 0 spiro atoms. The van der Waals surface area contributed by atoms with Crippen LogP contribution < -0.4 is 0 Å². The van der Waals surface area contributed by atoms with Crippen molar-refractivity contribution in [3.8, 4) is 0 Å². The molecule has 0 amide bonds. The predicted molar refractivity (Wildman–Crippen MR) is 29.0 cm³/mol. The van der Waals surface area contributed by atoms with Crippen LogP contribution in [0.15, 0.2) is 11.4 Å². The Morgan fingerprint density at radius 1 is 1.75 bits per heavy atom. The molecule has 0 saturated carbocycles. The van der Waals surface area contributed by atoms with Crippen molar-refractivity contribution in [2.45, 2.75) is 6.92 Å². The Kier molecular flexibility index (Phi) is 3.04. The zero-order valence-corrected chi connectivity index (χ0v) is 5.18. The van der Waals surface area contributed by atoms with Crippen LogP contribution in [0.3, 0.4) is 0 Å². The summed E-state index contributed by atoms with van der Waals surface area (Å²) in [5.41, 5.74) is 0.0988. The number of carbonyl (C=O) groups is 1. The van der Waals surface area contributed by atoms with Crippen molar-refractivity contribution in [1.82, 2.24) is 0 Å². The largest absolute Gasteiger partial charge is 0.478 e. The Morgan fingerprint density at radius 3 is 2.38 bits per heavy atom. The lowest BCUT2D eigenvalue weighted by Crippen LogP contribution is -1.93. The molecule has 0 atom stereocenters. The summed E-state index contributed by atoms with van der Waals surface area (Å²) in [5, 5.41) is 8.10. The van der Waals surface area contributed by atoms with Crippen molar-refractivity contribution in [2.75, 3.05) is 0 Å². The van der Waals surface area contributed by atoms with Gasteiger partial charge < -0.3 is 5.11 Å². The molecule has 0 aliphatic heterocycles. The Labute approximate surface area is 48.2 Å². The Bertz CT molecular complexity index is 138. The van der Waals surface area contributed by atoms with E-state index in [1.807, 2.05) is 0 Å². The smallest absolute Gasteiger partial charge is 0.331 e. The van der Waals surface area contributed by atoms with Gasteiger partial charge in [-0.1, -0.05) is 0 Å². The van der Waals surface area contributed by atoms with Gasteiger partial charge in [-0.25, -0.2) is 4.79 Å². The molecule has 1 N–H and O–H groups in total. The molecule has 0 radical (unpaired) electrons. The predicted octanol–water partition coefficient (Wildman–Crippen LogP) is 1.27. The third-order valence-corrected chi connectivity index (χ3v) is 1.08. The number of aliphatic carboxylic acids is 1. The van der Waals surface area contributed by atoms with Crippen LogP contribution in [0.5, 0.6) is 0 Å². The molecule has 0 aromatic heterocycles. The molecule has 0 aromatic rings. The Morgan fingerprint density at radius 2 is 2.25 bits per heavy atom. The molecule has 4 heteroatoms. The fourth-order valence-corrected chi connectivity index (χ4v) is 0.403. The lowest BCUT2D eigenvalue weighted by molar-refractivity contribution is -0.132. The standard InChI is InChI=1S/C4H5O3P/c1-3(2-8-7)4(5)6/h2H,1H3,(H,5,6). The second-order valence-corrected chi connectivity index (χ2v) is 1.69. The average molecular weight is 132 g/mol. The highest BCUT2D eigenvalue weighted by atomic mass is 31.1. The fraction of sp³-hybridized carbons (Fsp3) is 0.250. The average Bonchev–Trinajstić information content (AvgIpc) is 1.67.